The first kappa shape index (κ1) is 19.4. The SMILES string of the molecule is CCOC(=O)N1CCN(C(=O)CCc2ncc(-c3ccc(Br)cc3)o2)CC1. The predicted molar refractivity (Wildman–Crippen MR) is 103 cm³/mol. The summed E-state index contributed by atoms with van der Waals surface area (Å²) >= 11 is 3.40. The van der Waals surface area contributed by atoms with E-state index in [0.29, 0.717) is 57.3 Å². The van der Waals surface area contributed by atoms with Crippen LogP contribution in [0.1, 0.15) is 19.2 Å². The molecule has 1 aromatic heterocycles. The van der Waals surface area contributed by atoms with Crippen LogP contribution >= 0.6 is 15.9 Å². The van der Waals surface area contributed by atoms with Crippen LogP contribution in [0.15, 0.2) is 39.4 Å². The number of amides is 2. The van der Waals surface area contributed by atoms with Crippen LogP contribution in [0.5, 0.6) is 0 Å². The average Bonchev–Trinajstić information content (AvgIpc) is 3.16. The lowest BCUT2D eigenvalue weighted by molar-refractivity contribution is -0.132. The van der Waals surface area contributed by atoms with E-state index < -0.39 is 0 Å². The molecular weight excluding hydrogens is 414 g/mol. The Hall–Kier alpha value is -2.35. The number of aryl methyl sites for hydroxylation is 1. The van der Waals surface area contributed by atoms with Crippen molar-refractivity contribution in [2.24, 2.45) is 0 Å². The van der Waals surface area contributed by atoms with Crippen molar-refractivity contribution >= 4 is 27.9 Å². The third-order valence-corrected chi connectivity index (χ3v) is 4.92. The second-order valence-corrected chi connectivity index (χ2v) is 7.11. The molecule has 2 amide bonds. The molecule has 0 aliphatic carbocycles. The molecule has 0 spiro atoms. The Bertz CT molecular complexity index is 783. The first-order chi connectivity index (χ1) is 13.1. The van der Waals surface area contributed by atoms with Gasteiger partial charge in [-0.1, -0.05) is 28.1 Å². The molecule has 3 rings (SSSR count). The second-order valence-electron chi connectivity index (χ2n) is 6.19. The van der Waals surface area contributed by atoms with Gasteiger partial charge in [-0.2, -0.15) is 0 Å². The fourth-order valence-corrected chi connectivity index (χ4v) is 3.16. The lowest BCUT2D eigenvalue weighted by Crippen LogP contribution is -2.50. The highest BCUT2D eigenvalue weighted by molar-refractivity contribution is 9.10. The number of piperazine rings is 1. The van der Waals surface area contributed by atoms with Crippen LogP contribution in [0.3, 0.4) is 0 Å². The number of ether oxygens (including phenoxy) is 1. The summed E-state index contributed by atoms with van der Waals surface area (Å²) in [5, 5.41) is 0. The minimum absolute atomic E-state index is 0.0434. The molecule has 1 fully saturated rings. The van der Waals surface area contributed by atoms with Crippen molar-refractivity contribution in [3.8, 4) is 11.3 Å². The van der Waals surface area contributed by atoms with Crippen molar-refractivity contribution < 1.29 is 18.7 Å². The number of oxazole rings is 1. The highest BCUT2D eigenvalue weighted by Crippen LogP contribution is 2.23. The third-order valence-electron chi connectivity index (χ3n) is 4.39. The van der Waals surface area contributed by atoms with Gasteiger partial charge in [0.2, 0.25) is 5.91 Å². The summed E-state index contributed by atoms with van der Waals surface area (Å²) in [7, 11) is 0. The molecule has 2 heterocycles. The van der Waals surface area contributed by atoms with Crippen LogP contribution in [-0.4, -0.2) is 59.6 Å². The van der Waals surface area contributed by atoms with Gasteiger partial charge in [-0.05, 0) is 19.1 Å². The van der Waals surface area contributed by atoms with Gasteiger partial charge in [0, 0.05) is 49.1 Å². The van der Waals surface area contributed by atoms with Crippen LogP contribution < -0.4 is 0 Å². The van der Waals surface area contributed by atoms with Gasteiger partial charge in [-0.25, -0.2) is 9.78 Å². The summed E-state index contributed by atoms with van der Waals surface area (Å²) in [5.74, 6) is 1.28. The quantitative estimate of drug-likeness (QED) is 0.719. The zero-order valence-electron chi connectivity index (χ0n) is 15.2. The number of hydrogen-bond donors (Lipinski definition) is 0. The topological polar surface area (TPSA) is 75.9 Å². The maximum Gasteiger partial charge on any atom is 0.409 e. The Balaban J connectivity index is 1.47. The lowest BCUT2D eigenvalue weighted by atomic mass is 10.2. The molecule has 7 nitrogen and oxygen atoms in total. The number of benzene rings is 1. The normalized spacial score (nSPS) is 14.3. The average molecular weight is 436 g/mol. The lowest BCUT2D eigenvalue weighted by Gasteiger charge is -2.34. The number of carbonyl (C=O) groups excluding carboxylic acids is 2. The largest absolute Gasteiger partial charge is 0.450 e. The van der Waals surface area contributed by atoms with Gasteiger partial charge in [-0.3, -0.25) is 4.79 Å². The Morgan fingerprint density at radius 1 is 1.15 bits per heavy atom. The van der Waals surface area contributed by atoms with E-state index in [4.69, 9.17) is 9.15 Å². The van der Waals surface area contributed by atoms with Crippen LogP contribution in [0.4, 0.5) is 4.79 Å². The number of aromatic nitrogens is 1. The minimum Gasteiger partial charge on any atom is -0.450 e. The molecule has 2 aromatic rings. The maximum absolute atomic E-state index is 12.4. The van der Waals surface area contributed by atoms with E-state index in [1.165, 1.54) is 0 Å². The Kier molecular flexibility index (Phi) is 6.49. The molecule has 27 heavy (non-hydrogen) atoms. The maximum atomic E-state index is 12.4. The van der Waals surface area contributed by atoms with Gasteiger partial charge in [-0.15, -0.1) is 0 Å². The first-order valence-electron chi connectivity index (χ1n) is 8.97. The highest BCUT2D eigenvalue weighted by atomic mass is 79.9. The van der Waals surface area contributed by atoms with E-state index in [2.05, 4.69) is 20.9 Å². The van der Waals surface area contributed by atoms with E-state index in [9.17, 15) is 9.59 Å². The summed E-state index contributed by atoms with van der Waals surface area (Å²) in [6.45, 7) is 4.17. The highest BCUT2D eigenvalue weighted by Gasteiger charge is 2.24. The van der Waals surface area contributed by atoms with Crippen molar-refractivity contribution in [2.45, 2.75) is 19.8 Å². The summed E-state index contributed by atoms with van der Waals surface area (Å²) in [6, 6.07) is 7.78. The van der Waals surface area contributed by atoms with E-state index in [1.807, 2.05) is 24.3 Å². The van der Waals surface area contributed by atoms with Crippen molar-refractivity contribution in [1.82, 2.24) is 14.8 Å². The molecule has 0 bridgehead atoms. The zero-order valence-corrected chi connectivity index (χ0v) is 16.8. The number of halogens is 1. The van der Waals surface area contributed by atoms with Crippen LogP contribution in [0.2, 0.25) is 0 Å². The molecule has 0 saturated carbocycles. The Morgan fingerprint density at radius 3 is 2.48 bits per heavy atom. The molecule has 8 heteroatoms. The molecular formula is C19H22BrN3O4. The summed E-state index contributed by atoms with van der Waals surface area (Å²) in [6.07, 6.45) is 2.15. The van der Waals surface area contributed by atoms with Gasteiger partial charge in [0.1, 0.15) is 0 Å². The number of hydrogen-bond acceptors (Lipinski definition) is 5. The van der Waals surface area contributed by atoms with Gasteiger partial charge in [0.15, 0.2) is 11.7 Å². The van der Waals surface area contributed by atoms with Crippen molar-refractivity contribution in [1.29, 1.82) is 0 Å². The van der Waals surface area contributed by atoms with E-state index in [1.54, 1.807) is 22.9 Å². The zero-order chi connectivity index (χ0) is 19.2. The van der Waals surface area contributed by atoms with Gasteiger partial charge >= 0.3 is 6.09 Å². The van der Waals surface area contributed by atoms with Crippen LogP contribution in [0, 0.1) is 0 Å². The molecule has 1 aromatic carbocycles. The van der Waals surface area contributed by atoms with Crippen LogP contribution in [0.25, 0.3) is 11.3 Å². The Morgan fingerprint density at radius 2 is 1.81 bits per heavy atom. The van der Waals surface area contributed by atoms with Crippen molar-refractivity contribution in [3.63, 3.8) is 0 Å². The number of rotatable bonds is 5. The van der Waals surface area contributed by atoms with Crippen molar-refractivity contribution in [3.05, 3.63) is 40.8 Å². The second kappa shape index (κ2) is 9.03. The molecule has 0 atom stereocenters. The van der Waals surface area contributed by atoms with E-state index >= 15 is 0 Å². The molecule has 0 radical (unpaired) electrons. The minimum atomic E-state index is -0.315. The molecule has 0 unspecified atom stereocenters. The van der Waals surface area contributed by atoms with Crippen LogP contribution in [-0.2, 0) is 16.0 Å². The number of nitrogens with zero attached hydrogens (tertiary/aromatic N) is 3. The van der Waals surface area contributed by atoms with Gasteiger partial charge in [0.25, 0.3) is 0 Å². The summed E-state index contributed by atoms with van der Waals surface area (Å²) in [5.41, 5.74) is 0.943. The smallest absolute Gasteiger partial charge is 0.409 e. The number of carbonyl (C=O) groups is 2. The predicted octanol–water partition coefficient (Wildman–Crippen LogP) is 3.34. The van der Waals surface area contributed by atoms with Gasteiger partial charge < -0.3 is 19.0 Å². The van der Waals surface area contributed by atoms with Gasteiger partial charge in [0.05, 0.1) is 12.8 Å². The van der Waals surface area contributed by atoms with E-state index in [-0.39, 0.29) is 12.0 Å². The van der Waals surface area contributed by atoms with Crippen molar-refractivity contribution in [2.75, 3.05) is 32.8 Å². The fourth-order valence-electron chi connectivity index (χ4n) is 2.90. The standard InChI is InChI=1S/C19H22BrN3O4/c1-2-26-19(25)23-11-9-22(10-12-23)18(24)8-7-17-21-13-16(27-17)14-3-5-15(20)6-4-14/h3-6,13H,2,7-12H2,1H3. The molecule has 1 aliphatic rings. The summed E-state index contributed by atoms with van der Waals surface area (Å²) < 4.78 is 11.7. The molecule has 1 aliphatic heterocycles. The molecule has 1 saturated heterocycles. The molecule has 0 N–H and O–H groups in total. The van der Waals surface area contributed by atoms with E-state index in [0.717, 1.165) is 10.0 Å². The fraction of sp³-hybridized carbons (Fsp3) is 0.421. The summed E-state index contributed by atoms with van der Waals surface area (Å²) in [4.78, 5) is 31.8. The monoisotopic (exact) mass is 435 g/mol. The first-order valence-corrected chi connectivity index (χ1v) is 9.76. The molecule has 144 valence electrons. The third kappa shape index (κ3) is 5.09. The Labute approximate surface area is 166 Å².